The van der Waals surface area contributed by atoms with Gasteiger partial charge in [-0.25, -0.2) is 0 Å². The molecule has 1 heterocycles. The molecule has 0 aromatic heterocycles. The summed E-state index contributed by atoms with van der Waals surface area (Å²) in [5.74, 6) is 8.07. The Labute approximate surface area is 120 Å². The van der Waals surface area contributed by atoms with Gasteiger partial charge in [0.25, 0.3) is 0 Å². The summed E-state index contributed by atoms with van der Waals surface area (Å²) in [6.07, 6.45) is 6.08. The molecule has 0 nitrogen and oxygen atoms in total. The molecular weight excluding hydrogens is 256 g/mol. The molecule has 18 heavy (non-hydrogen) atoms. The molecule has 0 aromatic rings. The first-order valence-corrected chi connectivity index (χ1v) is 9.81. The molecule has 0 aromatic carbocycles. The van der Waals surface area contributed by atoms with Crippen molar-refractivity contribution >= 4 is 23.5 Å². The number of fused-ring (bicyclic) bond motifs is 4. The summed E-state index contributed by atoms with van der Waals surface area (Å²) in [4.78, 5) is 0. The van der Waals surface area contributed by atoms with Gasteiger partial charge < -0.3 is 0 Å². The zero-order chi connectivity index (χ0) is 12.5. The lowest BCUT2D eigenvalue weighted by Crippen LogP contribution is -2.33. The molecule has 1 saturated heterocycles. The highest BCUT2D eigenvalue weighted by Gasteiger charge is 2.67. The minimum absolute atomic E-state index is 0.652. The quantitative estimate of drug-likeness (QED) is 0.620. The van der Waals surface area contributed by atoms with Crippen LogP contribution in [-0.4, -0.2) is 15.6 Å². The van der Waals surface area contributed by atoms with Gasteiger partial charge in [-0.2, -0.15) is 0 Å². The zero-order valence-electron chi connectivity index (χ0n) is 11.9. The van der Waals surface area contributed by atoms with Gasteiger partial charge in [0.1, 0.15) is 0 Å². The van der Waals surface area contributed by atoms with Crippen LogP contribution in [0.5, 0.6) is 0 Å². The number of rotatable bonds is 0. The van der Waals surface area contributed by atoms with E-state index in [1.54, 1.807) is 0 Å². The summed E-state index contributed by atoms with van der Waals surface area (Å²) >= 11 is 4.69. The molecule has 4 aliphatic rings. The van der Waals surface area contributed by atoms with E-state index in [1.165, 1.54) is 37.2 Å². The molecule has 3 saturated carbocycles. The lowest BCUT2D eigenvalue weighted by Gasteiger charge is -2.38. The molecule has 102 valence electrons. The molecule has 0 bridgehead atoms. The second-order valence-corrected chi connectivity index (χ2v) is 10.8. The predicted molar refractivity (Wildman–Crippen MR) is 83.0 cm³/mol. The van der Waals surface area contributed by atoms with Gasteiger partial charge in [-0.05, 0) is 54.3 Å². The Bertz CT molecular complexity index is 356. The van der Waals surface area contributed by atoms with Gasteiger partial charge in [0.15, 0.2) is 0 Å². The second-order valence-electron chi connectivity index (χ2n) is 7.74. The van der Waals surface area contributed by atoms with Crippen LogP contribution >= 0.6 is 23.5 Å². The molecule has 0 N–H and O–H groups in total. The Morgan fingerprint density at radius 1 is 0.944 bits per heavy atom. The van der Waals surface area contributed by atoms with E-state index in [0.29, 0.717) is 9.49 Å². The van der Waals surface area contributed by atoms with E-state index >= 15 is 0 Å². The highest BCUT2D eigenvalue weighted by molar-refractivity contribution is 8.21. The van der Waals surface area contributed by atoms with Crippen molar-refractivity contribution in [1.82, 2.24) is 0 Å². The van der Waals surface area contributed by atoms with Gasteiger partial charge in [0.2, 0.25) is 0 Å². The molecule has 3 aliphatic carbocycles. The Hall–Kier alpha value is 0.700. The molecule has 1 spiro atoms. The Kier molecular flexibility index (Phi) is 2.68. The van der Waals surface area contributed by atoms with Crippen LogP contribution in [0, 0.1) is 35.0 Å². The summed E-state index contributed by atoms with van der Waals surface area (Å²) in [5.41, 5.74) is 0.678. The molecule has 4 fully saturated rings. The maximum atomic E-state index is 2.55. The Balaban J connectivity index is 1.70. The lowest BCUT2D eigenvalue weighted by atomic mass is 9.81. The summed E-state index contributed by atoms with van der Waals surface area (Å²) in [5, 5.41) is 0. The van der Waals surface area contributed by atoms with Crippen molar-refractivity contribution in [3.8, 4) is 0 Å². The maximum absolute atomic E-state index is 2.55. The number of thioether (sulfide) groups is 2. The SMILES string of the molecule is C[C@@H]1CC[C@@H]2[C@@H]1[C@H]1[C@@H](CCC23SCCS3)C1(C)C. The van der Waals surface area contributed by atoms with E-state index in [-0.39, 0.29) is 0 Å². The standard InChI is InChI=1S/C16H26S2/c1-10-4-5-11-13(10)14-12(15(14,2)3)6-7-16(11)17-8-9-18-16/h10-14H,4-9H2,1-3H3/t10-,11-,12-,13-,14-/m1/s1. The van der Waals surface area contributed by atoms with Crippen molar-refractivity contribution in [3.63, 3.8) is 0 Å². The predicted octanol–water partition coefficient (Wildman–Crippen LogP) is 4.89. The van der Waals surface area contributed by atoms with Crippen molar-refractivity contribution < 1.29 is 0 Å². The van der Waals surface area contributed by atoms with Gasteiger partial charge >= 0.3 is 0 Å². The van der Waals surface area contributed by atoms with Crippen LogP contribution in [0.25, 0.3) is 0 Å². The van der Waals surface area contributed by atoms with Crippen molar-refractivity contribution in [2.45, 2.75) is 50.5 Å². The third-order valence-electron chi connectivity index (χ3n) is 6.75. The number of hydrogen-bond acceptors (Lipinski definition) is 2. The summed E-state index contributed by atoms with van der Waals surface area (Å²) in [6.45, 7) is 7.66. The molecule has 1 aliphatic heterocycles. The first-order valence-electron chi connectivity index (χ1n) is 7.84. The average molecular weight is 283 g/mol. The van der Waals surface area contributed by atoms with E-state index in [4.69, 9.17) is 0 Å². The fourth-order valence-electron chi connectivity index (χ4n) is 5.81. The normalized spacial score (nSPS) is 51.8. The van der Waals surface area contributed by atoms with Crippen LogP contribution in [0.4, 0.5) is 0 Å². The van der Waals surface area contributed by atoms with E-state index < -0.39 is 0 Å². The topological polar surface area (TPSA) is 0 Å². The van der Waals surface area contributed by atoms with Crippen LogP contribution < -0.4 is 0 Å². The third-order valence-corrected chi connectivity index (χ3v) is 10.5. The fraction of sp³-hybridized carbons (Fsp3) is 1.00. The van der Waals surface area contributed by atoms with Gasteiger partial charge in [-0.3, -0.25) is 0 Å². The van der Waals surface area contributed by atoms with Gasteiger partial charge in [0, 0.05) is 11.5 Å². The molecule has 2 heteroatoms. The van der Waals surface area contributed by atoms with Crippen LogP contribution in [0.2, 0.25) is 0 Å². The molecule has 0 radical (unpaired) electrons. The van der Waals surface area contributed by atoms with Crippen molar-refractivity contribution in [3.05, 3.63) is 0 Å². The first-order chi connectivity index (χ1) is 8.56. The average Bonchev–Trinajstić information content (AvgIpc) is 2.72. The Morgan fingerprint density at radius 2 is 1.67 bits per heavy atom. The highest BCUT2D eigenvalue weighted by atomic mass is 32.2. The molecule has 0 unspecified atom stereocenters. The fourth-order valence-corrected chi connectivity index (χ4v) is 9.51. The van der Waals surface area contributed by atoms with Crippen LogP contribution in [-0.2, 0) is 0 Å². The maximum Gasteiger partial charge on any atom is 0.0642 e. The third kappa shape index (κ3) is 1.48. The van der Waals surface area contributed by atoms with Gasteiger partial charge in [-0.15, -0.1) is 23.5 Å². The Morgan fingerprint density at radius 3 is 2.39 bits per heavy atom. The summed E-state index contributed by atoms with van der Waals surface area (Å²) in [7, 11) is 0. The van der Waals surface area contributed by atoms with Crippen molar-refractivity contribution in [2.24, 2.45) is 35.0 Å². The lowest BCUT2D eigenvalue weighted by molar-refractivity contribution is 0.246. The van der Waals surface area contributed by atoms with Crippen LogP contribution in [0.1, 0.15) is 46.5 Å². The van der Waals surface area contributed by atoms with Gasteiger partial charge in [0.05, 0.1) is 4.08 Å². The number of hydrogen-bond donors (Lipinski definition) is 0. The van der Waals surface area contributed by atoms with E-state index in [1.807, 2.05) is 0 Å². The minimum atomic E-state index is 0.652. The molecule has 4 rings (SSSR count). The smallest absolute Gasteiger partial charge is 0.0642 e. The minimum Gasteiger partial charge on any atom is -0.143 e. The molecule has 5 atom stereocenters. The van der Waals surface area contributed by atoms with E-state index in [9.17, 15) is 0 Å². The first kappa shape index (κ1) is 12.4. The summed E-state index contributed by atoms with van der Waals surface area (Å²) in [6, 6.07) is 0. The molecular formula is C16H26S2. The monoisotopic (exact) mass is 282 g/mol. The summed E-state index contributed by atoms with van der Waals surface area (Å²) < 4.78 is 0.652. The van der Waals surface area contributed by atoms with Gasteiger partial charge in [-0.1, -0.05) is 27.2 Å². The molecule has 0 amide bonds. The van der Waals surface area contributed by atoms with Crippen molar-refractivity contribution in [1.29, 1.82) is 0 Å². The second kappa shape index (κ2) is 3.87. The van der Waals surface area contributed by atoms with Crippen molar-refractivity contribution in [2.75, 3.05) is 11.5 Å². The highest BCUT2D eigenvalue weighted by Crippen LogP contribution is 2.74. The van der Waals surface area contributed by atoms with E-state index in [2.05, 4.69) is 44.3 Å². The van der Waals surface area contributed by atoms with Crippen LogP contribution in [0.3, 0.4) is 0 Å². The van der Waals surface area contributed by atoms with Crippen LogP contribution in [0.15, 0.2) is 0 Å². The van der Waals surface area contributed by atoms with E-state index in [0.717, 1.165) is 29.6 Å². The largest absolute Gasteiger partial charge is 0.143 e. The zero-order valence-corrected chi connectivity index (χ0v) is 13.6.